The molecule has 2 saturated heterocycles. The number of amides is 2. The highest BCUT2D eigenvalue weighted by atomic mass is 16.4. The van der Waals surface area contributed by atoms with Gasteiger partial charge >= 0.3 is 5.97 Å². The lowest BCUT2D eigenvalue weighted by molar-refractivity contribution is -0.148. The topological polar surface area (TPSA) is 77.9 Å². The lowest BCUT2D eigenvalue weighted by Crippen LogP contribution is -2.53. The van der Waals surface area contributed by atoms with Gasteiger partial charge in [0.15, 0.2) is 0 Å². The van der Waals surface area contributed by atoms with Crippen LogP contribution in [0.2, 0.25) is 0 Å². The number of nitrogens with zero attached hydrogens (tertiary/aromatic N) is 2. The van der Waals surface area contributed by atoms with Gasteiger partial charge in [-0.15, -0.1) is 0 Å². The molecule has 2 heterocycles. The molecular weight excluding hydrogens is 320 g/mol. The molecule has 134 valence electrons. The van der Waals surface area contributed by atoms with Crippen LogP contribution in [0.25, 0.3) is 0 Å². The number of carboxylic acid groups (broad SMARTS) is 1. The fourth-order valence-electron chi connectivity index (χ4n) is 3.93. The molecular formula is C19H24N2O4. The second-order valence-electron chi connectivity index (χ2n) is 7.14. The van der Waals surface area contributed by atoms with Gasteiger partial charge < -0.3 is 14.9 Å². The molecule has 1 aromatic rings. The Morgan fingerprint density at radius 1 is 1.12 bits per heavy atom. The first-order valence-electron chi connectivity index (χ1n) is 8.85. The normalized spacial score (nSPS) is 26.5. The summed E-state index contributed by atoms with van der Waals surface area (Å²) in [6.45, 7) is 3.33. The lowest BCUT2D eigenvalue weighted by Gasteiger charge is -2.37. The highest BCUT2D eigenvalue weighted by Crippen LogP contribution is 2.27. The number of piperidine rings is 1. The Bertz CT molecular complexity index is 661. The van der Waals surface area contributed by atoms with Gasteiger partial charge in [-0.25, -0.2) is 0 Å². The Kier molecular flexibility index (Phi) is 5.06. The molecule has 2 aliphatic rings. The second-order valence-corrected chi connectivity index (χ2v) is 7.14. The van der Waals surface area contributed by atoms with Crippen molar-refractivity contribution in [2.75, 3.05) is 19.6 Å². The minimum absolute atomic E-state index is 0.111. The minimum atomic E-state index is -0.854. The first-order chi connectivity index (χ1) is 12.0. The Labute approximate surface area is 147 Å². The predicted octanol–water partition coefficient (Wildman–Crippen LogP) is 1.86. The van der Waals surface area contributed by atoms with E-state index in [2.05, 4.69) is 0 Å². The van der Waals surface area contributed by atoms with Gasteiger partial charge in [-0.05, 0) is 37.3 Å². The maximum Gasteiger partial charge on any atom is 0.308 e. The van der Waals surface area contributed by atoms with Crippen LogP contribution in [-0.2, 0) is 9.59 Å². The van der Waals surface area contributed by atoms with Gasteiger partial charge in [0.25, 0.3) is 5.91 Å². The number of hydrogen-bond donors (Lipinski definition) is 1. The van der Waals surface area contributed by atoms with E-state index in [0.29, 0.717) is 31.5 Å². The molecule has 0 radical (unpaired) electrons. The van der Waals surface area contributed by atoms with Crippen molar-refractivity contribution in [1.82, 2.24) is 9.80 Å². The summed E-state index contributed by atoms with van der Waals surface area (Å²) in [5, 5.41) is 9.31. The Hall–Kier alpha value is -2.37. The molecule has 0 saturated carbocycles. The van der Waals surface area contributed by atoms with Crippen LogP contribution in [0.3, 0.4) is 0 Å². The molecule has 0 aromatic heterocycles. The summed E-state index contributed by atoms with van der Waals surface area (Å²) in [7, 11) is 0. The summed E-state index contributed by atoms with van der Waals surface area (Å²) >= 11 is 0. The van der Waals surface area contributed by atoms with Crippen LogP contribution in [0, 0.1) is 11.8 Å². The van der Waals surface area contributed by atoms with E-state index in [1.165, 1.54) is 0 Å². The van der Waals surface area contributed by atoms with E-state index in [4.69, 9.17) is 0 Å². The van der Waals surface area contributed by atoms with Gasteiger partial charge in [0.1, 0.15) is 6.04 Å². The molecule has 3 unspecified atom stereocenters. The number of carboxylic acids is 1. The molecule has 3 atom stereocenters. The van der Waals surface area contributed by atoms with Gasteiger partial charge in [-0.3, -0.25) is 14.4 Å². The summed E-state index contributed by atoms with van der Waals surface area (Å²) in [6, 6.07) is 8.50. The third-order valence-electron chi connectivity index (χ3n) is 5.14. The van der Waals surface area contributed by atoms with E-state index < -0.39 is 17.9 Å². The molecule has 1 aromatic carbocycles. The predicted molar refractivity (Wildman–Crippen MR) is 92.0 cm³/mol. The molecule has 0 aliphatic carbocycles. The van der Waals surface area contributed by atoms with E-state index in [-0.39, 0.29) is 24.3 Å². The number of likely N-dealkylation sites (tertiary alicyclic amines) is 2. The number of carbonyl (C=O) groups is 3. The third-order valence-corrected chi connectivity index (χ3v) is 5.14. The van der Waals surface area contributed by atoms with Crippen molar-refractivity contribution in [3.8, 4) is 0 Å². The standard InChI is InChI=1S/C19H24N2O4/c1-13-10-15(19(24)25)12-20(11-13)18(23)16-8-5-9-21(16)17(22)14-6-3-2-4-7-14/h2-4,6-7,13,15-16H,5,8-12H2,1H3,(H,24,25). The van der Waals surface area contributed by atoms with Gasteiger partial charge in [-0.2, -0.15) is 0 Å². The zero-order valence-corrected chi connectivity index (χ0v) is 14.4. The van der Waals surface area contributed by atoms with Crippen LogP contribution in [0.15, 0.2) is 30.3 Å². The SMILES string of the molecule is CC1CC(C(=O)O)CN(C(=O)C2CCCN2C(=O)c2ccccc2)C1. The van der Waals surface area contributed by atoms with E-state index in [1.807, 2.05) is 25.1 Å². The van der Waals surface area contributed by atoms with Crippen molar-refractivity contribution < 1.29 is 19.5 Å². The van der Waals surface area contributed by atoms with Gasteiger partial charge in [0, 0.05) is 25.2 Å². The number of aliphatic carboxylic acids is 1. The Morgan fingerprint density at radius 3 is 2.52 bits per heavy atom. The highest BCUT2D eigenvalue weighted by molar-refractivity contribution is 5.98. The Balaban J connectivity index is 1.74. The number of hydrogen-bond acceptors (Lipinski definition) is 3. The van der Waals surface area contributed by atoms with Crippen molar-refractivity contribution >= 4 is 17.8 Å². The van der Waals surface area contributed by atoms with E-state index >= 15 is 0 Å². The zero-order valence-electron chi connectivity index (χ0n) is 14.4. The molecule has 6 nitrogen and oxygen atoms in total. The first-order valence-corrected chi connectivity index (χ1v) is 8.85. The van der Waals surface area contributed by atoms with Crippen LogP contribution >= 0.6 is 0 Å². The molecule has 3 rings (SSSR count). The van der Waals surface area contributed by atoms with Crippen molar-refractivity contribution in [2.24, 2.45) is 11.8 Å². The van der Waals surface area contributed by atoms with Crippen LogP contribution in [0.5, 0.6) is 0 Å². The molecule has 2 fully saturated rings. The molecule has 25 heavy (non-hydrogen) atoms. The summed E-state index contributed by atoms with van der Waals surface area (Å²) in [5.41, 5.74) is 0.581. The first kappa shape index (κ1) is 17.5. The van der Waals surface area contributed by atoms with E-state index in [0.717, 1.165) is 6.42 Å². The third kappa shape index (κ3) is 3.67. The van der Waals surface area contributed by atoms with E-state index in [9.17, 15) is 19.5 Å². The summed E-state index contributed by atoms with van der Waals surface area (Å²) in [6.07, 6.45) is 2.02. The Morgan fingerprint density at radius 2 is 1.84 bits per heavy atom. The van der Waals surface area contributed by atoms with Crippen molar-refractivity contribution in [3.05, 3.63) is 35.9 Å². The molecule has 2 amide bonds. The summed E-state index contributed by atoms with van der Waals surface area (Å²) in [4.78, 5) is 40.4. The summed E-state index contributed by atoms with van der Waals surface area (Å²) < 4.78 is 0. The maximum absolute atomic E-state index is 13.0. The van der Waals surface area contributed by atoms with Crippen LogP contribution < -0.4 is 0 Å². The number of benzene rings is 1. The van der Waals surface area contributed by atoms with Crippen LogP contribution in [-0.4, -0.2) is 58.4 Å². The van der Waals surface area contributed by atoms with Gasteiger partial charge in [0.05, 0.1) is 5.92 Å². The smallest absolute Gasteiger partial charge is 0.308 e. The molecule has 1 N–H and O–H groups in total. The van der Waals surface area contributed by atoms with Crippen molar-refractivity contribution in [3.63, 3.8) is 0 Å². The van der Waals surface area contributed by atoms with E-state index in [1.54, 1.807) is 21.9 Å². The molecule has 6 heteroatoms. The number of rotatable bonds is 3. The number of carbonyl (C=O) groups excluding carboxylic acids is 2. The largest absolute Gasteiger partial charge is 0.481 e. The quantitative estimate of drug-likeness (QED) is 0.908. The fraction of sp³-hybridized carbons (Fsp3) is 0.526. The second kappa shape index (κ2) is 7.25. The monoisotopic (exact) mass is 344 g/mol. The zero-order chi connectivity index (χ0) is 18.0. The van der Waals surface area contributed by atoms with Gasteiger partial charge in [0.2, 0.25) is 5.91 Å². The molecule has 2 aliphatic heterocycles. The van der Waals surface area contributed by atoms with Crippen molar-refractivity contribution in [1.29, 1.82) is 0 Å². The average molecular weight is 344 g/mol. The van der Waals surface area contributed by atoms with Crippen molar-refractivity contribution in [2.45, 2.75) is 32.2 Å². The molecule has 0 spiro atoms. The minimum Gasteiger partial charge on any atom is -0.481 e. The fourth-order valence-corrected chi connectivity index (χ4v) is 3.93. The van der Waals surface area contributed by atoms with Crippen LogP contribution in [0.4, 0.5) is 0 Å². The highest BCUT2D eigenvalue weighted by Gasteiger charge is 2.40. The molecule has 0 bridgehead atoms. The lowest BCUT2D eigenvalue weighted by atomic mass is 9.90. The van der Waals surface area contributed by atoms with Gasteiger partial charge in [-0.1, -0.05) is 25.1 Å². The van der Waals surface area contributed by atoms with Crippen LogP contribution in [0.1, 0.15) is 36.5 Å². The average Bonchev–Trinajstić information content (AvgIpc) is 3.10. The maximum atomic E-state index is 13.0. The summed E-state index contributed by atoms with van der Waals surface area (Å²) in [5.74, 6) is -1.46.